The Morgan fingerprint density at radius 2 is 1.95 bits per heavy atom. The first-order valence-corrected chi connectivity index (χ1v) is 6.65. The lowest BCUT2D eigenvalue weighted by molar-refractivity contribution is 0.265. The first kappa shape index (κ1) is 15.8. The highest BCUT2D eigenvalue weighted by Crippen LogP contribution is 2.28. The highest BCUT2D eigenvalue weighted by molar-refractivity contribution is 5.46. The number of nitrogens with zero attached hydrogens (tertiary/aromatic N) is 1. The van der Waals surface area contributed by atoms with Crippen LogP contribution in [0.1, 0.15) is 18.1 Å². The van der Waals surface area contributed by atoms with Gasteiger partial charge in [-0.05, 0) is 44.5 Å². The summed E-state index contributed by atoms with van der Waals surface area (Å²) < 4.78 is 10.7. The van der Waals surface area contributed by atoms with E-state index in [4.69, 9.17) is 15.2 Å². The van der Waals surface area contributed by atoms with Crippen molar-refractivity contribution in [2.24, 2.45) is 5.73 Å². The van der Waals surface area contributed by atoms with E-state index in [1.165, 1.54) is 11.1 Å². The smallest absolute Gasteiger partial charge is 0.126 e. The van der Waals surface area contributed by atoms with Gasteiger partial charge in [-0.2, -0.15) is 0 Å². The summed E-state index contributed by atoms with van der Waals surface area (Å²) in [5.41, 5.74) is 8.12. The fourth-order valence-corrected chi connectivity index (χ4v) is 2.06. The minimum Gasteiger partial charge on any atom is -0.497 e. The van der Waals surface area contributed by atoms with Crippen LogP contribution < -0.4 is 15.2 Å². The second-order valence-corrected chi connectivity index (χ2v) is 4.94. The fraction of sp³-hybridized carbons (Fsp3) is 0.600. The first-order chi connectivity index (χ1) is 9.03. The number of nitrogens with two attached hydrogens (primary N) is 1. The summed E-state index contributed by atoms with van der Waals surface area (Å²) in [6.07, 6.45) is 0.944. The number of methoxy groups -OCH3 is 2. The molecular weight excluding hydrogens is 240 g/mol. The molecule has 0 spiro atoms. The van der Waals surface area contributed by atoms with Gasteiger partial charge in [-0.1, -0.05) is 0 Å². The third-order valence-corrected chi connectivity index (χ3v) is 3.67. The summed E-state index contributed by atoms with van der Waals surface area (Å²) in [6, 6.07) is 4.38. The Labute approximate surface area is 116 Å². The molecule has 0 aliphatic carbocycles. The predicted molar refractivity (Wildman–Crippen MR) is 79.1 cm³/mol. The molecule has 0 heterocycles. The van der Waals surface area contributed by atoms with E-state index >= 15 is 0 Å². The number of benzene rings is 1. The van der Waals surface area contributed by atoms with Crippen LogP contribution in [0.2, 0.25) is 0 Å². The number of ether oxygens (including phenoxy) is 2. The highest BCUT2D eigenvalue weighted by atomic mass is 16.5. The Morgan fingerprint density at radius 3 is 2.47 bits per heavy atom. The summed E-state index contributed by atoms with van der Waals surface area (Å²) in [6.45, 7) is 5.86. The molecule has 0 saturated carbocycles. The molecule has 4 heteroatoms. The predicted octanol–water partition coefficient (Wildman–Crippen LogP) is 1.83. The summed E-state index contributed by atoms with van der Waals surface area (Å²) >= 11 is 0. The molecule has 0 aliphatic rings. The molecule has 108 valence electrons. The normalized spacial score (nSPS) is 12.6. The van der Waals surface area contributed by atoms with E-state index < -0.39 is 0 Å². The lowest BCUT2D eigenvalue weighted by atomic mass is 10.0. The van der Waals surface area contributed by atoms with E-state index in [9.17, 15) is 0 Å². The van der Waals surface area contributed by atoms with Gasteiger partial charge in [0.05, 0.1) is 14.2 Å². The summed E-state index contributed by atoms with van der Waals surface area (Å²) in [4.78, 5) is 2.27. The van der Waals surface area contributed by atoms with Gasteiger partial charge < -0.3 is 20.1 Å². The van der Waals surface area contributed by atoms with Crippen molar-refractivity contribution in [3.05, 3.63) is 23.3 Å². The molecule has 1 unspecified atom stereocenters. The summed E-state index contributed by atoms with van der Waals surface area (Å²) in [7, 11) is 5.47. The molecule has 2 N–H and O–H groups in total. The van der Waals surface area contributed by atoms with Crippen molar-refractivity contribution in [3.8, 4) is 11.5 Å². The summed E-state index contributed by atoms with van der Waals surface area (Å²) in [5, 5.41) is 0. The number of likely N-dealkylation sites (N-methyl/N-ethyl adjacent to an activating group) is 1. The number of aryl methyl sites for hydroxylation is 1. The van der Waals surface area contributed by atoms with Gasteiger partial charge in [0.2, 0.25) is 0 Å². The maximum absolute atomic E-state index is 5.68. The van der Waals surface area contributed by atoms with E-state index in [0.29, 0.717) is 12.6 Å². The third kappa shape index (κ3) is 4.11. The van der Waals surface area contributed by atoms with Crippen LogP contribution in [-0.4, -0.2) is 45.3 Å². The topological polar surface area (TPSA) is 47.7 Å². The second kappa shape index (κ2) is 7.36. The van der Waals surface area contributed by atoms with Crippen LogP contribution in [0.3, 0.4) is 0 Å². The third-order valence-electron chi connectivity index (χ3n) is 3.67. The zero-order valence-corrected chi connectivity index (χ0v) is 12.7. The second-order valence-electron chi connectivity index (χ2n) is 4.94. The molecule has 1 rings (SSSR count). The van der Waals surface area contributed by atoms with Gasteiger partial charge >= 0.3 is 0 Å². The van der Waals surface area contributed by atoms with Crippen LogP contribution in [-0.2, 0) is 6.42 Å². The minimum atomic E-state index is 0.393. The van der Waals surface area contributed by atoms with Crippen molar-refractivity contribution in [3.63, 3.8) is 0 Å². The zero-order valence-electron chi connectivity index (χ0n) is 12.7. The van der Waals surface area contributed by atoms with E-state index in [2.05, 4.69) is 25.8 Å². The van der Waals surface area contributed by atoms with Crippen molar-refractivity contribution < 1.29 is 9.47 Å². The van der Waals surface area contributed by atoms with Gasteiger partial charge in [0.1, 0.15) is 11.5 Å². The van der Waals surface area contributed by atoms with Gasteiger partial charge in [-0.15, -0.1) is 0 Å². The van der Waals surface area contributed by atoms with Gasteiger partial charge in [0.15, 0.2) is 0 Å². The van der Waals surface area contributed by atoms with Crippen LogP contribution in [0.15, 0.2) is 12.1 Å². The largest absolute Gasteiger partial charge is 0.497 e. The van der Waals surface area contributed by atoms with Crippen LogP contribution in [0, 0.1) is 6.92 Å². The molecule has 1 aromatic rings. The zero-order chi connectivity index (χ0) is 14.4. The lowest BCUT2D eigenvalue weighted by Crippen LogP contribution is -2.36. The van der Waals surface area contributed by atoms with Crippen LogP contribution in [0.4, 0.5) is 0 Å². The monoisotopic (exact) mass is 266 g/mol. The van der Waals surface area contributed by atoms with Crippen molar-refractivity contribution >= 4 is 0 Å². The van der Waals surface area contributed by atoms with E-state index in [-0.39, 0.29) is 0 Å². The maximum atomic E-state index is 5.68. The molecule has 0 bridgehead atoms. The Bertz CT molecular complexity index is 407. The maximum Gasteiger partial charge on any atom is 0.126 e. The number of rotatable bonds is 7. The molecule has 0 saturated heterocycles. The fourth-order valence-electron chi connectivity index (χ4n) is 2.06. The molecule has 4 nitrogen and oxygen atoms in total. The average Bonchev–Trinajstić information content (AvgIpc) is 2.43. The highest BCUT2D eigenvalue weighted by Gasteiger charge is 2.12. The number of hydrogen-bond acceptors (Lipinski definition) is 4. The molecule has 0 aliphatic heterocycles. The van der Waals surface area contributed by atoms with Crippen molar-refractivity contribution in [1.82, 2.24) is 4.90 Å². The lowest BCUT2D eigenvalue weighted by Gasteiger charge is -2.24. The molecule has 0 aromatic heterocycles. The minimum absolute atomic E-state index is 0.393. The molecule has 1 aromatic carbocycles. The molecule has 0 fully saturated rings. The van der Waals surface area contributed by atoms with E-state index in [1.807, 2.05) is 12.1 Å². The molecule has 1 atom stereocenters. The van der Waals surface area contributed by atoms with Gasteiger partial charge in [0, 0.05) is 25.2 Å². The average molecular weight is 266 g/mol. The Morgan fingerprint density at radius 1 is 1.26 bits per heavy atom. The molecular formula is C15H26N2O2. The molecule has 19 heavy (non-hydrogen) atoms. The SMILES string of the molecule is COc1cc(C)c(CCN(C)C(C)CN)c(OC)c1. The quantitative estimate of drug-likeness (QED) is 0.818. The summed E-state index contributed by atoms with van der Waals surface area (Å²) in [5.74, 6) is 1.73. The standard InChI is InChI=1S/C15H26N2O2/c1-11-8-13(18-4)9-15(19-5)14(11)6-7-17(3)12(2)10-16/h8-9,12H,6-7,10,16H2,1-5H3. The van der Waals surface area contributed by atoms with E-state index in [0.717, 1.165) is 24.5 Å². The van der Waals surface area contributed by atoms with Crippen LogP contribution >= 0.6 is 0 Å². The first-order valence-electron chi connectivity index (χ1n) is 6.65. The molecule has 0 radical (unpaired) electrons. The Hall–Kier alpha value is -1.26. The van der Waals surface area contributed by atoms with Crippen molar-refractivity contribution in [2.45, 2.75) is 26.3 Å². The Kier molecular flexibility index (Phi) is 6.12. The number of hydrogen-bond donors (Lipinski definition) is 1. The van der Waals surface area contributed by atoms with Crippen molar-refractivity contribution in [2.75, 3.05) is 34.4 Å². The Balaban J connectivity index is 2.83. The van der Waals surface area contributed by atoms with E-state index in [1.54, 1.807) is 14.2 Å². The van der Waals surface area contributed by atoms with Gasteiger partial charge in [0.25, 0.3) is 0 Å². The van der Waals surface area contributed by atoms with Crippen LogP contribution in [0.5, 0.6) is 11.5 Å². The molecule has 0 amide bonds. The van der Waals surface area contributed by atoms with Crippen molar-refractivity contribution in [1.29, 1.82) is 0 Å². The van der Waals surface area contributed by atoms with Gasteiger partial charge in [-0.25, -0.2) is 0 Å². The van der Waals surface area contributed by atoms with Gasteiger partial charge in [-0.3, -0.25) is 0 Å². The van der Waals surface area contributed by atoms with Crippen LogP contribution in [0.25, 0.3) is 0 Å².